The number of ether oxygens (including phenoxy) is 1. The second-order valence-electron chi connectivity index (χ2n) is 9.74. The number of aryl methyl sites for hydroxylation is 1. The molecular weight excluding hydrogens is 454 g/mol. The molecule has 1 saturated carbocycles. The van der Waals surface area contributed by atoms with Gasteiger partial charge in [0, 0.05) is 50.1 Å². The first-order valence-corrected chi connectivity index (χ1v) is 12.7. The molecule has 0 atom stereocenters. The Balaban J connectivity index is 1.40. The summed E-state index contributed by atoms with van der Waals surface area (Å²) in [6.45, 7) is 4.87. The lowest BCUT2D eigenvalue weighted by Crippen LogP contribution is -2.37. The first-order valence-electron chi connectivity index (χ1n) is 12.7. The maximum absolute atomic E-state index is 13.3. The maximum atomic E-state index is 13.3. The van der Waals surface area contributed by atoms with Crippen molar-refractivity contribution in [1.29, 1.82) is 0 Å². The molecular formula is C27H31N7O2. The van der Waals surface area contributed by atoms with Crippen LogP contribution in [0.25, 0.3) is 22.7 Å². The van der Waals surface area contributed by atoms with Crippen LogP contribution in [0.1, 0.15) is 41.7 Å². The van der Waals surface area contributed by atoms with E-state index in [-0.39, 0.29) is 11.9 Å². The number of hydrogen-bond acceptors (Lipinski definition) is 6. The highest BCUT2D eigenvalue weighted by atomic mass is 16.5. The maximum Gasteiger partial charge on any atom is 0.274 e. The number of carbonyl (C=O) groups is 1. The van der Waals surface area contributed by atoms with E-state index in [0.29, 0.717) is 30.4 Å². The van der Waals surface area contributed by atoms with Gasteiger partial charge in [0.2, 0.25) is 0 Å². The lowest BCUT2D eigenvalue weighted by molar-refractivity contribution is 0.0729. The molecule has 186 valence electrons. The lowest BCUT2D eigenvalue weighted by atomic mass is 10.1. The fourth-order valence-electron chi connectivity index (χ4n) is 5.23. The number of nitrogens with zero attached hydrogens (tertiary/aromatic N) is 7. The number of aromatic nitrogens is 5. The van der Waals surface area contributed by atoms with Crippen LogP contribution in [0, 0.1) is 6.92 Å². The largest absolute Gasteiger partial charge is 0.378 e. The highest BCUT2D eigenvalue weighted by molar-refractivity contribution is 5.93. The molecule has 36 heavy (non-hydrogen) atoms. The van der Waals surface area contributed by atoms with E-state index in [4.69, 9.17) is 19.9 Å². The molecule has 4 heterocycles. The zero-order valence-electron chi connectivity index (χ0n) is 20.8. The third-order valence-corrected chi connectivity index (χ3v) is 7.28. The van der Waals surface area contributed by atoms with Gasteiger partial charge in [0.1, 0.15) is 5.82 Å². The Kier molecular flexibility index (Phi) is 5.92. The van der Waals surface area contributed by atoms with E-state index in [9.17, 15) is 4.79 Å². The molecule has 0 radical (unpaired) electrons. The summed E-state index contributed by atoms with van der Waals surface area (Å²) in [6, 6.07) is 14.4. The number of morpholine rings is 1. The molecule has 6 rings (SSSR count). The molecule has 1 aliphatic carbocycles. The standard InChI is InChI=1S/C27H31N7O2/c1-19-6-5-7-20(16-19)22-10-11-33(29-22)24-18-26(32-12-14-36-15-13-32)34-25(28-24)17-23(30-34)27(35)31(2)21-8-3-4-9-21/h5-7,10-11,16-18,21H,3-4,8-9,12-15H2,1-2H3. The van der Waals surface area contributed by atoms with Crippen LogP contribution >= 0.6 is 0 Å². The van der Waals surface area contributed by atoms with Gasteiger partial charge in [-0.25, -0.2) is 9.67 Å². The summed E-state index contributed by atoms with van der Waals surface area (Å²) in [6.07, 6.45) is 6.39. The van der Waals surface area contributed by atoms with Crippen molar-refractivity contribution in [2.24, 2.45) is 0 Å². The molecule has 4 aromatic rings. The van der Waals surface area contributed by atoms with Crippen molar-refractivity contribution in [2.75, 3.05) is 38.3 Å². The number of fused-ring (bicyclic) bond motifs is 1. The van der Waals surface area contributed by atoms with Crippen LogP contribution in [0.3, 0.4) is 0 Å². The highest BCUT2D eigenvalue weighted by Crippen LogP contribution is 2.26. The van der Waals surface area contributed by atoms with Crippen LogP contribution < -0.4 is 4.90 Å². The summed E-state index contributed by atoms with van der Waals surface area (Å²) >= 11 is 0. The van der Waals surface area contributed by atoms with Gasteiger partial charge in [0.15, 0.2) is 17.2 Å². The van der Waals surface area contributed by atoms with Crippen LogP contribution in [0.4, 0.5) is 5.82 Å². The molecule has 1 aliphatic heterocycles. The number of hydrogen-bond donors (Lipinski definition) is 0. The minimum absolute atomic E-state index is 0.0531. The minimum Gasteiger partial charge on any atom is -0.378 e. The van der Waals surface area contributed by atoms with Gasteiger partial charge in [-0.2, -0.15) is 14.7 Å². The lowest BCUT2D eigenvalue weighted by Gasteiger charge is -2.29. The molecule has 1 amide bonds. The van der Waals surface area contributed by atoms with E-state index < -0.39 is 0 Å². The summed E-state index contributed by atoms with van der Waals surface area (Å²) in [7, 11) is 1.89. The molecule has 0 N–H and O–H groups in total. The predicted octanol–water partition coefficient (Wildman–Crippen LogP) is 3.74. The Morgan fingerprint density at radius 1 is 1.06 bits per heavy atom. The van der Waals surface area contributed by atoms with Crippen molar-refractivity contribution < 1.29 is 9.53 Å². The van der Waals surface area contributed by atoms with Crippen molar-refractivity contribution in [1.82, 2.24) is 29.3 Å². The van der Waals surface area contributed by atoms with Crippen LogP contribution in [-0.4, -0.2) is 74.6 Å². The molecule has 0 spiro atoms. The van der Waals surface area contributed by atoms with Crippen LogP contribution in [-0.2, 0) is 4.74 Å². The van der Waals surface area contributed by atoms with Crippen LogP contribution in [0.15, 0.2) is 48.7 Å². The van der Waals surface area contributed by atoms with E-state index in [1.807, 2.05) is 36.3 Å². The van der Waals surface area contributed by atoms with Gasteiger partial charge in [-0.05, 0) is 31.9 Å². The van der Waals surface area contributed by atoms with Crippen LogP contribution in [0.5, 0.6) is 0 Å². The molecule has 0 bridgehead atoms. The third-order valence-electron chi connectivity index (χ3n) is 7.28. The summed E-state index contributed by atoms with van der Waals surface area (Å²) in [5.41, 5.74) is 4.19. The number of amides is 1. The molecule has 9 heteroatoms. The van der Waals surface area contributed by atoms with Crippen molar-refractivity contribution in [3.63, 3.8) is 0 Å². The fraction of sp³-hybridized carbons (Fsp3) is 0.407. The summed E-state index contributed by atoms with van der Waals surface area (Å²) in [5, 5.41) is 9.54. The number of rotatable bonds is 5. The molecule has 1 saturated heterocycles. The van der Waals surface area contributed by atoms with E-state index in [2.05, 4.69) is 30.0 Å². The second kappa shape index (κ2) is 9.39. The Morgan fingerprint density at radius 3 is 2.64 bits per heavy atom. The molecule has 3 aromatic heterocycles. The third kappa shape index (κ3) is 4.24. The topological polar surface area (TPSA) is 80.8 Å². The molecule has 2 aliphatic rings. The fourth-order valence-corrected chi connectivity index (χ4v) is 5.23. The van der Waals surface area contributed by atoms with Crippen molar-refractivity contribution in [3.05, 3.63) is 59.9 Å². The number of benzene rings is 1. The Labute approximate surface area is 210 Å². The highest BCUT2D eigenvalue weighted by Gasteiger charge is 2.27. The Bertz CT molecular complexity index is 1400. The smallest absolute Gasteiger partial charge is 0.274 e. The first-order chi connectivity index (χ1) is 17.6. The molecule has 9 nitrogen and oxygen atoms in total. The average Bonchev–Trinajstić information content (AvgIpc) is 3.68. The van der Waals surface area contributed by atoms with Crippen LogP contribution in [0.2, 0.25) is 0 Å². The van der Waals surface area contributed by atoms with E-state index >= 15 is 0 Å². The normalized spacial score (nSPS) is 16.7. The van der Waals surface area contributed by atoms with Gasteiger partial charge in [-0.3, -0.25) is 4.79 Å². The van der Waals surface area contributed by atoms with Gasteiger partial charge >= 0.3 is 0 Å². The van der Waals surface area contributed by atoms with Gasteiger partial charge in [0.05, 0.1) is 18.9 Å². The van der Waals surface area contributed by atoms with Crippen molar-refractivity contribution in [2.45, 2.75) is 38.6 Å². The zero-order chi connectivity index (χ0) is 24.6. The zero-order valence-corrected chi connectivity index (χ0v) is 20.8. The molecule has 0 unspecified atom stereocenters. The summed E-state index contributed by atoms with van der Waals surface area (Å²) < 4.78 is 9.16. The summed E-state index contributed by atoms with van der Waals surface area (Å²) in [5.74, 6) is 1.52. The summed E-state index contributed by atoms with van der Waals surface area (Å²) in [4.78, 5) is 22.2. The van der Waals surface area contributed by atoms with E-state index in [1.54, 1.807) is 15.3 Å². The second-order valence-corrected chi connectivity index (χ2v) is 9.74. The first kappa shape index (κ1) is 22.7. The van der Waals surface area contributed by atoms with Gasteiger partial charge < -0.3 is 14.5 Å². The monoisotopic (exact) mass is 485 g/mol. The quantitative estimate of drug-likeness (QED) is 0.428. The van der Waals surface area contributed by atoms with Gasteiger partial charge in [-0.15, -0.1) is 0 Å². The van der Waals surface area contributed by atoms with Crippen molar-refractivity contribution >= 4 is 17.4 Å². The Morgan fingerprint density at radius 2 is 1.86 bits per heavy atom. The molecule has 1 aromatic carbocycles. The predicted molar refractivity (Wildman–Crippen MR) is 138 cm³/mol. The Hall–Kier alpha value is -3.72. The van der Waals surface area contributed by atoms with Gasteiger partial charge in [0.25, 0.3) is 5.91 Å². The van der Waals surface area contributed by atoms with E-state index in [1.165, 1.54) is 18.4 Å². The SMILES string of the molecule is Cc1cccc(-c2ccn(-c3cc(N4CCOCC4)n4nc(C(=O)N(C)C5CCCC5)cc4n3)n2)c1. The number of carbonyl (C=O) groups excluding carboxylic acids is 1. The average molecular weight is 486 g/mol. The number of anilines is 1. The molecule has 2 fully saturated rings. The van der Waals surface area contributed by atoms with E-state index in [0.717, 1.165) is 43.0 Å². The van der Waals surface area contributed by atoms with Gasteiger partial charge in [-0.1, -0.05) is 36.6 Å². The minimum atomic E-state index is -0.0531. The van der Waals surface area contributed by atoms with Crippen molar-refractivity contribution in [3.8, 4) is 17.1 Å².